The van der Waals surface area contributed by atoms with E-state index < -0.39 is 5.56 Å². The number of unbranched alkanes of at least 4 members (excludes halogenated alkanes) is 1. The number of rotatable bonds is 6. The lowest BCUT2D eigenvalue weighted by atomic mass is 9.95. The van der Waals surface area contributed by atoms with Crippen molar-refractivity contribution in [2.75, 3.05) is 6.54 Å². The monoisotopic (exact) mass is 361 g/mol. The van der Waals surface area contributed by atoms with Gasteiger partial charge in [0.05, 0.1) is 5.69 Å². The Balaban J connectivity index is 2.26. The molecule has 1 N–H and O–H groups in total. The number of amides is 1. The van der Waals surface area contributed by atoms with Crippen LogP contribution in [0.1, 0.15) is 30.1 Å². The van der Waals surface area contributed by atoms with Crippen molar-refractivity contribution in [3.8, 4) is 22.4 Å². The van der Waals surface area contributed by atoms with Gasteiger partial charge in [-0.25, -0.2) is 4.68 Å². The van der Waals surface area contributed by atoms with E-state index in [-0.39, 0.29) is 11.5 Å². The van der Waals surface area contributed by atoms with E-state index in [1.165, 1.54) is 4.68 Å². The van der Waals surface area contributed by atoms with Crippen molar-refractivity contribution >= 4 is 5.91 Å². The van der Waals surface area contributed by atoms with Crippen LogP contribution in [0.25, 0.3) is 22.4 Å². The van der Waals surface area contributed by atoms with Crippen LogP contribution in [0.3, 0.4) is 0 Å². The van der Waals surface area contributed by atoms with Crippen LogP contribution >= 0.6 is 0 Å². The summed E-state index contributed by atoms with van der Waals surface area (Å²) in [5.74, 6) is -0.359. The van der Waals surface area contributed by atoms with Gasteiger partial charge >= 0.3 is 0 Å². The predicted octanol–water partition coefficient (Wildman–Crippen LogP) is 3.64. The van der Waals surface area contributed by atoms with E-state index in [0.717, 1.165) is 24.0 Å². The van der Waals surface area contributed by atoms with Crippen molar-refractivity contribution < 1.29 is 4.79 Å². The topological polar surface area (TPSA) is 64.0 Å². The molecule has 0 radical (unpaired) electrons. The van der Waals surface area contributed by atoms with Crippen molar-refractivity contribution in [2.24, 2.45) is 7.05 Å². The van der Waals surface area contributed by atoms with Gasteiger partial charge in [-0.15, -0.1) is 0 Å². The van der Waals surface area contributed by atoms with E-state index >= 15 is 0 Å². The summed E-state index contributed by atoms with van der Waals surface area (Å²) >= 11 is 0. The van der Waals surface area contributed by atoms with Crippen LogP contribution in [-0.4, -0.2) is 22.2 Å². The fourth-order valence-corrected chi connectivity index (χ4v) is 2.99. The Kier molecular flexibility index (Phi) is 5.81. The molecule has 5 heteroatoms. The van der Waals surface area contributed by atoms with Gasteiger partial charge < -0.3 is 5.32 Å². The molecule has 1 aromatic heterocycles. The summed E-state index contributed by atoms with van der Waals surface area (Å²) in [6.45, 7) is 2.59. The second-order valence-electron chi connectivity index (χ2n) is 6.37. The fraction of sp³-hybridized carbons (Fsp3) is 0.227. The molecule has 0 saturated carbocycles. The Bertz CT molecular complexity index is 980. The van der Waals surface area contributed by atoms with Crippen molar-refractivity contribution in [1.82, 2.24) is 15.1 Å². The summed E-state index contributed by atoms with van der Waals surface area (Å²) in [4.78, 5) is 25.8. The van der Waals surface area contributed by atoms with Crippen LogP contribution in [-0.2, 0) is 7.05 Å². The quantitative estimate of drug-likeness (QED) is 0.682. The molecule has 0 fully saturated rings. The zero-order valence-electron chi connectivity index (χ0n) is 15.6. The SMILES string of the molecule is CCCCNC(=O)c1c(-c2ccccc2)c(-c2ccccc2)nn(C)c1=O. The van der Waals surface area contributed by atoms with Gasteiger partial charge in [0.25, 0.3) is 11.5 Å². The van der Waals surface area contributed by atoms with Crippen molar-refractivity contribution in [3.05, 3.63) is 76.6 Å². The average Bonchev–Trinajstić information content (AvgIpc) is 2.71. The maximum Gasteiger partial charge on any atom is 0.280 e. The first-order valence-electron chi connectivity index (χ1n) is 9.13. The molecule has 0 aliphatic carbocycles. The normalized spacial score (nSPS) is 10.6. The molecule has 0 saturated heterocycles. The van der Waals surface area contributed by atoms with Gasteiger partial charge in [0, 0.05) is 24.7 Å². The molecule has 1 heterocycles. The number of carbonyl (C=O) groups excluding carboxylic acids is 1. The summed E-state index contributed by atoms with van der Waals surface area (Å²) in [6.07, 6.45) is 1.83. The van der Waals surface area contributed by atoms with E-state index in [1.807, 2.05) is 60.7 Å². The highest BCUT2D eigenvalue weighted by Gasteiger charge is 2.23. The van der Waals surface area contributed by atoms with Gasteiger partial charge in [0.1, 0.15) is 5.56 Å². The van der Waals surface area contributed by atoms with E-state index in [4.69, 9.17) is 0 Å². The minimum absolute atomic E-state index is 0.133. The molecule has 0 unspecified atom stereocenters. The third-order valence-corrected chi connectivity index (χ3v) is 4.40. The Hall–Kier alpha value is -3.21. The Labute approximate surface area is 158 Å². The molecule has 5 nitrogen and oxygen atoms in total. The minimum Gasteiger partial charge on any atom is -0.352 e. The third kappa shape index (κ3) is 3.97. The average molecular weight is 361 g/mol. The lowest BCUT2D eigenvalue weighted by Gasteiger charge is -2.16. The maximum atomic E-state index is 12.9. The first kappa shape index (κ1) is 18.6. The number of aryl methyl sites for hydroxylation is 1. The summed E-state index contributed by atoms with van der Waals surface area (Å²) < 4.78 is 1.24. The zero-order chi connectivity index (χ0) is 19.2. The highest BCUT2D eigenvalue weighted by molar-refractivity contribution is 6.03. The van der Waals surface area contributed by atoms with Crippen LogP contribution in [0.2, 0.25) is 0 Å². The molecule has 138 valence electrons. The highest BCUT2D eigenvalue weighted by Crippen LogP contribution is 2.31. The first-order chi connectivity index (χ1) is 13.1. The van der Waals surface area contributed by atoms with Crippen LogP contribution in [0.5, 0.6) is 0 Å². The van der Waals surface area contributed by atoms with Crippen molar-refractivity contribution in [3.63, 3.8) is 0 Å². The van der Waals surface area contributed by atoms with E-state index in [0.29, 0.717) is 17.8 Å². The number of aromatic nitrogens is 2. The molecule has 0 atom stereocenters. The first-order valence-corrected chi connectivity index (χ1v) is 9.13. The summed E-state index contributed by atoms with van der Waals surface area (Å²) in [5.41, 5.74) is 2.57. The second-order valence-corrected chi connectivity index (χ2v) is 6.37. The molecule has 0 aliphatic rings. The molecule has 0 bridgehead atoms. The molecule has 0 spiro atoms. The van der Waals surface area contributed by atoms with Crippen LogP contribution in [0.15, 0.2) is 65.5 Å². The lowest BCUT2D eigenvalue weighted by Crippen LogP contribution is -2.35. The van der Waals surface area contributed by atoms with E-state index in [1.54, 1.807) is 7.05 Å². The van der Waals surface area contributed by atoms with E-state index in [2.05, 4.69) is 17.3 Å². The molecule has 1 amide bonds. The summed E-state index contributed by atoms with van der Waals surface area (Å²) in [7, 11) is 1.58. The van der Waals surface area contributed by atoms with Crippen LogP contribution in [0, 0.1) is 0 Å². The maximum absolute atomic E-state index is 12.9. The number of hydrogen-bond donors (Lipinski definition) is 1. The van der Waals surface area contributed by atoms with Crippen molar-refractivity contribution in [2.45, 2.75) is 19.8 Å². The molecular formula is C22H23N3O2. The molecule has 27 heavy (non-hydrogen) atoms. The van der Waals surface area contributed by atoms with Gasteiger partial charge in [0.15, 0.2) is 0 Å². The summed E-state index contributed by atoms with van der Waals surface area (Å²) in [6, 6.07) is 19.1. The number of carbonyl (C=O) groups is 1. The Morgan fingerprint density at radius 3 is 2.19 bits per heavy atom. The van der Waals surface area contributed by atoms with Crippen LogP contribution in [0.4, 0.5) is 0 Å². The smallest absolute Gasteiger partial charge is 0.280 e. The fourth-order valence-electron chi connectivity index (χ4n) is 2.99. The summed E-state index contributed by atoms with van der Waals surface area (Å²) in [5, 5.41) is 7.36. The number of hydrogen-bond acceptors (Lipinski definition) is 3. The Morgan fingerprint density at radius 2 is 1.59 bits per heavy atom. The number of nitrogens with zero attached hydrogens (tertiary/aromatic N) is 2. The second kappa shape index (κ2) is 8.45. The van der Waals surface area contributed by atoms with Gasteiger partial charge in [0.2, 0.25) is 0 Å². The van der Waals surface area contributed by atoms with Crippen molar-refractivity contribution in [1.29, 1.82) is 0 Å². The Morgan fingerprint density at radius 1 is 1.00 bits per heavy atom. The molecule has 3 rings (SSSR count). The molecular weight excluding hydrogens is 338 g/mol. The molecule has 2 aromatic carbocycles. The van der Waals surface area contributed by atoms with Gasteiger partial charge in [-0.05, 0) is 12.0 Å². The largest absolute Gasteiger partial charge is 0.352 e. The minimum atomic E-state index is -0.400. The van der Waals surface area contributed by atoms with Gasteiger partial charge in [-0.1, -0.05) is 74.0 Å². The molecule has 3 aromatic rings. The lowest BCUT2D eigenvalue weighted by molar-refractivity contribution is 0.0951. The number of nitrogens with one attached hydrogen (secondary N) is 1. The standard InChI is InChI=1S/C22H23N3O2/c1-3-4-15-23-21(26)19-18(16-11-7-5-8-12-16)20(24-25(2)22(19)27)17-13-9-6-10-14-17/h5-14H,3-4,15H2,1-2H3,(H,23,26). The molecule has 0 aliphatic heterocycles. The van der Waals surface area contributed by atoms with Gasteiger partial charge in [-0.3, -0.25) is 9.59 Å². The van der Waals surface area contributed by atoms with Crippen LogP contribution < -0.4 is 10.9 Å². The highest BCUT2D eigenvalue weighted by atomic mass is 16.2. The number of benzene rings is 2. The zero-order valence-corrected chi connectivity index (χ0v) is 15.6. The predicted molar refractivity (Wildman–Crippen MR) is 108 cm³/mol. The van der Waals surface area contributed by atoms with Gasteiger partial charge in [-0.2, -0.15) is 5.10 Å². The third-order valence-electron chi connectivity index (χ3n) is 4.40. The van der Waals surface area contributed by atoms with E-state index in [9.17, 15) is 9.59 Å².